The topological polar surface area (TPSA) is 37.3 Å². The van der Waals surface area contributed by atoms with Crippen LogP contribution in [0.5, 0.6) is 0 Å². The Bertz CT molecular complexity index is 472. The Balaban J connectivity index is 3.25. The highest BCUT2D eigenvalue weighted by atomic mass is 35.5. The van der Waals surface area contributed by atoms with E-state index in [4.69, 9.17) is 16.7 Å². The summed E-state index contributed by atoms with van der Waals surface area (Å²) >= 11 is 6.32. The molecule has 0 aliphatic carbocycles. The highest BCUT2D eigenvalue weighted by molar-refractivity contribution is 7.99. The van der Waals surface area contributed by atoms with E-state index in [1.807, 2.05) is 6.92 Å². The van der Waals surface area contributed by atoms with Gasteiger partial charge in [0.05, 0.1) is 11.1 Å². The molecule has 106 valence electrons. The van der Waals surface area contributed by atoms with Crippen molar-refractivity contribution in [2.24, 2.45) is 0 Å². The minimum atomic E-state index is -3.49. The number of hydrogen-bond donors (Lipinski definition) is 1. The molecule has 0 fully saturated rings. The fraction of sp³-hybridized carbons (Fsp3) is 0.462. The summed E-state index contributed by atoms with van der Waals surface area (Å²) in [5.74, 6) is -0.473. The Kier molecular flexibility index (Phi) is 5.62. The molecule has 19 heavy (non-hydrogen) atoms. The molecule has 0 spiro atoms. The minimum Gasteiger partial charge on any atom is -0.478 e. The number of benzene rings is 1. The van der Waals surface area contributed by atoms with Crippen LogP contribution in [0.25, 0.3) is 0 Å². The second kappa shape index (κ2) is 6.57. The zero-order valence-corrected chi connectivity index (χ0v) is 12.2. The summed E-state index contributed by atoms with van der Waals surface area (Å²) in [6.45, 7) is 3.53. The summed E-state index contributed by atoms with van der Waals surface area (Å²) in [6.07, 6.45) is 1.81. The molecule has 6 heteroatoms. The molecular weight excluding hydrogens is 294 g/mol. The predicted molar refractivity (Wildman–Crippen MR) is 73.5 cm³/mol. The summed E-state index contributed by atoms with van der Waals surface area (Å²) in [7, 11) is 0. The number of unbranched alkanes of at least 4 members (excludes halogenated alkanes) is 1. The van der Waals surface area contributed by atoms with Gasteiger partial charge in [-0.3, -0.25) is 0 Å². The van der Waals surface area contributed by atoms with Crippen LogP contribution >= 0.6 is 23.4 Å². The Morgan fingerprint density at radius 3 is 2.58 bits per heavy atom. The van der Waals surface area contributed by atoms with E-state index in [2.05, 4.69) is 0 Å². The van der Waals surface area contributed by atoms with Gasteiger partial charge in [0.25, 0.3) is 0 Å². The number of hydrogen-bond acceptors (Lipinski definition) is 2. The number of carbonyl (C=O) groups is 1. The summed E-state index contributed by atoms with van der Waals surface area (Å²) in [6, 6.07) is 2.27. The standard InChI is InChI=1S/C13H15ClF2O2S/c1-3-4-7-19-11-8(2)9(12(17)18)5-6-10(11)13(14,15)16/h5-6H,3-4,7H2,1-2H3,(H,17,18). The minimum absolute atomic E-state index is 0.0312. The van der Waals surface area contributed by atoms with Gasteiger partial charge in [0.15, 0.2) is 0 Å². The van der Waals surface area contributed by atoms with Gasteiger partial charge in [-0.05, 0) is 48.4 Å². The van der Waals surface area contributed by atoms with Crippen molar-refractivity contribution in [2.45, 2.75) is 37.0 Å². The zero-order valence-electron chi connectivity index (χ0n) is 10.7. The van der Waals surface area contributed by atoms with Gasteiger partial charge in [0.2, 0.25) is 0 Å². The van der Waals surface area contributed by atoms with E-state index in [0.717, 1.165) is 18.9 Å². The van der Waals surface area contributed by atoms with Gasteiger partial charge in [-0.15, -0.1) is 11.8 Å². The van der Waals surface area contributed by atoms with E-state index in [1.54, 1.807) is 0 Å². The molecule has 0 aromatic heterocycles. The Morgan fingerprint density at radius 2 is 2.11 bits per heavy atom. The van der Waals surface area contributed by atoms with Gasteiger partial charge < -0.3 is 5.11 Å². The largest absolute Gasteiger partial charge is 0.478 e. The second-order valence-electron chi connectivity index (χ2n) is 4.12. The van der Waals surface area contributed by atoms with Crippen molar-refractivity contribution in [1.29, 1.82) is 0 Å². The third kappa shape index (κ3) is 4.08. The monoisotopic (exact) mass is 308 g/mol. The first-order chi connectivity index (χ1) is 8.79. The number of alkyl halides is 3. The molecule has 1 N–H and O–H groups in total. The molecule has 1 rings (SSSR count). The quantitative estimate of drug-likeness (QED) is 0.462. The molecule has 0 amide bonds. The number of carboxylic acids is 1. The molecule has 1 aromatic carbocycles. The predicted octanol–water partition coefficient (Wildman–Crippen LogP) is 4.87. The number of rotatable bonds is 6. The van der Waals surface area contributed by atoms with E-state index in [9.17, 15) is 13.6 Å². The maximum atomic E-state index is 13.3. The third-order valence-electron chi connectivity index (χ3n) is 2.69. The molecule has 0 bridgehead atoms. The Hall–Kier alpha value is -0.810. The average Bonchev–Trinajstić information content (AvgIpc) is 2.29. The van der Waals surface area contributed by atoms with Crippen molar-refractivity contribution in [3.8, 4) is 0 Å². The summed E-state index contributed by atoms with van der Waals surface area (Å²) < 4.78 is 26.7. The number of carboxylic acid groups (broad SMARTS) is 1. The van der Waals surface area contributed by atoms with Gasteiger partial charge in [-0.1, -0.05) is 13.3 Å². The average molecular weight is 309 g/mol. The van der Waals surface area contributed by atoms with E-state index in [1.165, 1.54) is 24.8 Å². The molecule has 0 unspecified atom stereocenters. The molecule has 0 atom stereocenters. The van der Waals surface area contributed by atoms with Crippen molar-refractivity contribution < 1.29 is 18.7 Å². The van der Waals surface area contributed by atoms with Crippen molar-refractivity contribution in [1.82, 2.24) is 0 Å². The van der Waals surface area contributed by atoms with Crippen LogP contribution in [0.3, 0.4) is 0 Å². The maximum absolute atomic E-state index is 13.3. The Morgan fingerprint density at radius 1 is 1.47 bits per heavy atom. The lowest BCUT2D eigenvalue weighted by atomic mass is 10.1. The van der Waals surface area contributed by atoms with Crippen LogP contribution in [0.15, 0.2) is 17.0 Å². The molecule has 0 saturated carbocycles. The fourth-order valence-electron chi connectivity index (χ4n) is 1.65. The Labute approximate surface area is 120 Å². The lowest BCUT2D eigenvalue weighted by Gasteiger charge is -2.17. The van der Waals surface area contributed by atoms with Gasteiger partial charge in [0.1, 0.15) is 0 Å². The molecule has 0 aliphatic rings. The summed E-state index contributed by atoms with van der Waals surface area (Å²) in [4.78, 5) is 11.3. The molecular formula is C13H15ClF2O2S. The van der Waals surface area contributed by atoms with Crippen molar-refractivity contribution >= 4 is 29.3 Å². The van der Waals surface area contributed by atoms with Gasteiger partial charge in [-0.2, -0.15) is 8.78 Å². The molecule has 2 nitrogen and oxygen atoms in total. The summed E-state index contributed by atoms with van der Waals surface area (Å²) in [5.41, 5.74) is 0.0489. The van der Waals surface area contributed by atoms with Gasteiger partial charge in [0, 0.05) is 4.90 Å². The van der Waals surface area contributed by atoms with Gasteiger partial charge in [-0.25, -0.2) is 4.79 Å². The van der Waals surface area contributed by atoms with Crippen molar-refractivity contribution in [3.63, 3.8) is 0 Å². The lowest BCUT2D eigenvalue weighted by Crippen LogP contribution is -2.10. The first kappa shape index (κ1) is 16.2. The fourth-order valence-corrected chi connectivity index (χ4v) is 3.18. The van der Waals surface area contributed by atoms with Crippen LogP contribution in [0, 0.1) is 6.92 Å². The van der Waals surface area contributed by atoms with Crippen LogP contribution in [-0.2, 0) is 5.38 Å². The van der Waals surface area contributed by atoms with E-state index >= 15 is 0 Å². The number of halogens is 3. The van der Waals surface area contributed by atoms with E-state index in [0.29, 0.717) is 11.3 Å². The molecule has 0 heterocycles. The normalized spacial score (nSPS) is 11.6. The second-order valence-corrected chi connectivity index (χ2v) is 5.70. The maximum Gasteiger partial charge on any atom is 0.349 e. The third-order valence-corrected chi connectivity index (χ3v) is 4.20. The van der Waals surface area contributed by atoms with E-state index < -0.39 is 11.4 Å². The van der Waals surface area contributed by atoms with E-state index in [-0.39, 0.29) is 16.0 Å². The number of aromatic carboxylic acids is 1. The molecule has 1 aromatic rings. The van der Waals surface area contributed by atoms with Crippen molar-refractivity contribution in [2.75, 3.05) is 5.75 Å². The van der Waals surface area contributed by atoms with Gasteiger partial charge >= 0.3 is 11.4 Å². The van der Waals surface area contributed by atoms with Crippen LogP contribution in [-0.4, -0.2) is 16.8 Å². The summed E-state index contributed by atoms with van der Waals surface area (Å²) in [5, 5.41) is 5.54. The highest BCUT2D eigenvalue weighted by Gasteiger charge is 2.32. The SMILES string of the molecule is CCCCSc1c(C(F)(F)Cl)ccc(C(=O)O)c1C. The highest BCUT2D eigenvalue weighted by Crippen LogP contribution is 2.41. The van der Waals surface area contributed by atoms with Crippen LogP contribution in [0.1, 0.15) is 41.3 Å². The van der Waals surface area contributed by atoms with Crippen LogP contribution in [0.2, 0.25) is 0 Å². The number of thioether (sulfide) groups is 1. The smallest absolute Gasteiger partial charge is 0.349 e. The molecule has 0 aliphatic heterocycles. The first-order valence-corrected chi connectivity index (χ1v) is 7.22. The first-order valence-electron chi connectivity index (χ1n) is 5.86. The lowest BCUT2D eigenvalue weighted by molar-refractivity contribution is 0.0693. The molecule has 0 saturated heterocycles. The molecule has 0 radical (unpaired) electrons. The van der Waals surface area contributed by atoms with Crippen LogP contribution < -0.4 is 0 Å². The van der Waals surface area contributed by atoms with Crippen molar-refractivity contribution in [3.05, 3.63) is 28.8 Å². The van der Waals surface area contributed by atoms with Crippen LogP contribution in [0.4, 0.5) is 8.78 Å². The zero-order chi connectivity index (χ0) is 14.6.